The Hall–Kier alpha value is -3.40. The molecule has 2 atom stereocenters. The molecule has 1 amide bonds. The quantitative estimate of drug-likeness (QED) is 0.377. The zero-order valence-corrected chi connectivity index (χ0v) is 20.8. The van der Waals surface area contributed by atoms with Crippen molar-refractivity contribution in [1.82, 2.24) is 5.32 Å². The van der Waals surface area contributed by atoms with Crippen LogP contribution < -0.4 is 24.3 Å². The van der Waals surface area contributed by atoms with E-state index in [4.69, 9.17) is 18.9 Å². The normalized spacial score (nSPS) is 13.2. The second-order valence-corrected chi connectivity index (χ2v) is 8.28. The van der Waals surface area contributed by atoms with Gasteiger partial charge in [-0.25, -0.2) is 0 Å². The summed E-state index contributed by atoms with van der Waals surface area (Å²) in [7, 11) is 6.40. The first kappa shape index (κ1) is 26.8. The SMILES string of the molecule is CCC[C@@](C#N)(CCC[C@H](Cc1ccc(OC)c(OC)c1)NC=O)c1ccc(OC)c(OC)c1. The number of carbonyl (C=O) groups excluding carboxylic acids is 1. The zero-order valence-electron chi connectivity index (χ0n) is 20.8. The molecule has 0 aliphatic carbocycles. The number of methoxy groups -OCH3 is 4. The van der Waals surface area contributed by atoms with Gasteiger partial charge in [0.25, 0.3) is 0 Å². The fraction of sp³-hybridized carbons (Fsp3) is 0.481. The summed E-state index contributed by atoms with van der Waals surface area (Å²) in [5, 5.41) is 13.2. The summed E-state index contributed by atoms with van der Waals surface area (Å²) in [6, 6.07) is 14.0. The minimum absolute atomic E-state index is 0.0565. The third-order valence-electron chi connectivity index (χ3n) is 6.22. The number of rotatable bonds is 15. The number of nitrogens with zero attached hydrogens (tertiary/aromatic N) is 1. The van der Waals surface area contributed by atoms with E-state index in [0.29, 0.717) is 35.8 Å². The van der Waals surface area contributed by atoms with Gasteiger partial charge in [-0.1, -0.05) is 25.5 Å². The highest BCUT2D eigenvalue weighted by Crippen LogP contribution is 2.39. The lowest BCUT2D eigenvalue weighted by atomic mass is 9.74. The lowest BCUT2D eigenvalue weighted by molar-refractivity contribution is -0.110. The largest absolute Gasteiger partial charge is 0.493 e. The predicted molar refractivity (Wildman–Crippen MR) is 132 cm³/mol. The summed E-state index contributed by atoms with van der Waals surface area (Å²) < 4.78 is 21.5. The van der Waals surface area contributed by atoms with E-state index in [0.717, 1.165) is 43.2 Å². The molecule has 2 aromatic rings. The molecule has 34 heavy (non-hydrogen) atoms. The Morgan fingerprint density at radius 1 is 0.941 bits per heavy atom. The van der Waals surface area contributed by atoms with E-state index < -0.39 is 5.41 Å². The molecule has 2 aromatic carbocycles. The molecule has 1 N–H and O–H groups in total. The van der Waals surface area contributed by atoms with Crippen LogP contribution in [0.1, 0.15) is 50.2 Å². The van der Waals surface area contributed by atoms with Gasteiger partial charge in [-0.2, -0.15) is 5.26 Å². The molecule has 0 fully saturated rings. The van der Waals surface area contributed by atoms with Gasteiger partial charge in [-0.05, 0) is 67.5 Å². The highest BCUT2D eigenvalue weighted by Gasteiger charge is 2.32. The number of hydrogen-bond donors (Lipinski definition) is 1. The van der Waals surface area contributed by atoms with Crippen molar-refractivity contribution in [3.63, 3.8) is 0 Å². The second kappa shape index (κ2) is 13.3. The van der Waals surface area contributed by atoms with Crippen molar-refractivity contribution in [2.45, 2.75) is 56.9 Å². The van der Waals surface area contributed by atoms with Crippen LogP contribution in [0.2, 0.25) is 0 Å². The minimum Gasteiger partial charge on any atom is -0.493 e. The van der Waals surface area contributed by atoms with E-state index >= 15 is 0 Å². The van der Waals surface area contributed by atoms with Crippen molar-refractivity contribution >= 4 is 6.41 Å². The molecule has 0 unspecified atom stereocenters. The van der Waals surface area contributed by atoms with Crippen LogP contribution in [0, 0.1) is 11.3 Å². The Morgan fingerprint density at radius 3 is 2.12 bits per heavy atom. The van der Waals surface area contributed by atoms with E-state index in [1.807, 2.05) is 36.4 Å². The lowest BCUT2D eigenvalue weighted by Crippen LogP contribution is -2.31. The third kappa shape index (κ3) is 6.57. The van der Waals surface area contributed by atoms with Gasteiger partial charge in [-0.3, -0.25) is 4.79 Å². The second-order valence-electron chi connectivity index (χ2n) is 8.28. The first-order valence-electron chi connectivity index (χ1n) is 11.5. The molecule has 0 saturated carbocycles. The topological polar surface area (TPSA) is 89.8 Å². The number of benzene rings is 2. The Balaban J connectivity index is 2.17. The van der Waals surface area contributed by atoms with Crippen molar-refractivity contribution in [3.8, 4) is 29.1 Å². The Kier molecular flexibility index (Phi) is 10.5. The molecule has 0 aliphatic rings. The van der Waals surface area contributed by atoms with Gasteiger partial charge in [0, 0.05) is 6.04 Å². The molecular weight excluding hydrogens is 432 g/mol. The van der Waals surface area contributed by atoms with Crippen molar-refractivity contribution < 1.29 is 23.7 Å². The average Bonchev–Trinajstić information content (AvgIpc) is 2.87. The van der Waals surface area contributed by atoms with E-state index in [2.05, 4.69) is 18.3 Å². The number of hydrogen-bond acceptors (Lipinski definition) is 6. The maximum absolute atomic E-state index is 11.3. The molecule has 0 heterocycles. The maximum atomic E-state index is 11.3. The Morgan fingerprint density at radius 2 is 1.56 bits per heavy atom. The molecule has 0 radical (unpaired) electrons. The van der Waals surface area contributed by atoms with Gasteiger partial charge >= 0.3 is 0 Å². The lowest BCUT2D eigenvalue weighted by Gasteiger charge is -2.28. The molecule has 0 aliphatic heterocycles. The number of nitriles is 1. The van der Waals surface area contributed by atoms with Crippen LogP contribution in [0.5, 0.6) is 23.0 Å². The van der Waals surface area contributed by atoms with Crippen LogP contribution >= 0.6 is 0 Å². The summed E-state index contributed by atoms with van der Waals surface area (Å²) in [5.74, 6) is 2.58. The molecule has 184 valence electrons. The molecule has 0 bridgehead atoms. The van der Waals surface area contributed by atoms with Crippen LogP contribution in [0.4, 0.5) is 0 Å². The number of carbonyl (C=O) groups is 1. The van der Waals surface area contributed by atoms with Crippen molar-refractivity contribution in [2.24, 2.45) is 0 Å². The Labute approximate surface area is 203 Å². The smallest absolute Gasteiger partial charge is 0.207 e. The van der Waals surface area contributed by atoms with Crippen molar-refractivity contribution in [3.05, 3.63) is 47.5 Å². The molecular formula is C27H36N2O5. The van der Waals surface area contributed by atoms with E-state index in [1.54, 1.807) is 28.4 Å². The molecule has 7 nitrogen and oxygen atoms in total. The standard InChI is InChI=1S/C27H36N2O5/c1-6-13-27(18-28,21-10-12-24(32-3)26(17-21)34-5)14-7-8-22(29-19-30)15-20-9-11-23(31-2)25(16-20)33-4/h9-12,16-17,19,22H,6-8,13-15H2,1-5H3,(H,29,30)/t22-,27+/m1/s1. The molecule has 2 rings (SSSR count). The van der Waals surface area contributed by atoms with Crippen LogP contribution in [-0.2, 0) is 16.6 Å². The van der Waals surface area contributed by atoms with Crippen LogP contribution in [0.3, 0.4) is 0 Å². The maximum Gasteiger partial charge on any atom is 0.207 e. The summed E-state index contributed by atoms with van der Waals surface area (Å²) >= 11 is 0. The fourth-order valence-corrected chi connectivity index (χ4v) is 4.43. The molecule has 0 saturated heterocycles. The van der Waals surface area contributed by atoms with Crippen LogP contribution in [0.15, 0.2) is 36.4 Å². The summed E-state index contributed by atoms with van der Waals surface area (Å²) in [4.78, 5) is 11.3. The fourth-order valence-electron chi connectivity index (χ4n) is 4.43. The van der Waals surface area contributed by atoms with E-state index in [9.17, 15) is 10.1 Å². The van der Waals surface area contributed by atoms with Gasteiger partial charge in [-0.15, -0.1) is 0 Å². The third-order valence-corrected chi connectivity index (χ3v) is 6.22. The van der Waals surface area contributed by atoms with Crippen LogP contribution in [-0.4, -0.2) is 40.9 Å². The monoisotopic (exact) mass is 468 g/mol. The number of amides is 1. The number of nitrogens with one attached hydrogen (secondary N) is 1. The first-order valence-corrected chi connectivity index (χ1v) is 11.5. The highest BCUT2D eigenvalue weighted by atomic mass is 16.5. The number of ether oxygens (including phenoxy) is 4. The summed E-state index contributed by atoms with van der Waals surface area (Å²) in [6.45, 7) is 2.08. The van der Waals surface area contributed by atoms with Crippen molar-refractivity contribution in [2.75, 3.05) is 28.4 Å². The van der Waals surface area contributed by atoms with E-state index in [-0.39, 0.29) is 6.04 Å². The van der Waals surface area contributed by atoms with Gasteiger partial charge in [0.15, 0.2) is 23.0 Å². The first-order chi connectivity index (χ1) is 16.5. The van der Waals surface area contributed by atoms with E-state index in [1.165, 1.54) is 0 Å². The molecule has 7 heteroatoms. The van der Waals surface area contributed by atoms with Gasteiger partial charge < -0.3 is 24.3 Å². The summed E-state index contributed by atoms with van der Waals surface area (Å²) in [5.41, 5.74) is 1.33. The molecule has 0 spiro atoms. The molecule has 0 aromatic heterocycles. The highest BCUT2D eigenvalue weighted by molar-refractivity contribution is 5.48. The predicted octanol–water partition coefficient (Wildman–Crippen LogP) is 4.81. The summed E-state index contributed by atoms with van der Waals surface area (Å²) in [6.07, 6.45) is 5.21. The van der Waals surface area contributed by atoms with Gasteiger partial charge in [0.05, 0.1) is 39.9 Å². The Bertz CT molecular complexity index is 972. The van der Waals surface area contributed by atoms with Crippen molar-refractivity contribution in [1.29, 1.82) is 5.26 Å². The minimum atomic E-state index is -0.636. The van der Waals surface area contributed by atoms with Gasteiger partial charge in [0.1, 0.15) is 0 Å². The average molecular weight is 469 g/mol. The van der Waals surface area contributed by atoms with Crippen LogP contribution in [0.25, 0.3) is 0 Å². The van der Waals surface area contributed by atoms with Gasteiger partial charge in [0.2, 0.25) is 6.41 Å². The zero-order chi connectivity index (χ0) is 25.0.